The first-order valence-electron chi connectivity index (χ1n) is 4.56. The second-order valence-corrected chi connectivity index (χ2v) is 4.46. The number of ether oxygens (including phenoxy) is 1. The fourth-order valence-electron chi connectivity index (χ4n) is 1.05. The van der Waals surface area contributed by atoms with E-state index in [2.05, 4.69) is 31.2 Å². The lowest BCUT2D eigenvalue weighted by atomic mass is 10.3. The van der Waals surface area contributed by atoms with Gasteiger partial charge in [-0.15, -0.1) is 11.6 Å². The molecule has 1 rings (SSSR count). The number of nitrogens with one attached hydrogen (secondary N) is 1. The van der Waals surface area contributed by atoms with Gasteiger partial charge in [-0.25, -0.2) is 9.97 Å². The first-order valence-corrected chi connectivity index (χ1v) is 5.79. The third kappa shape index (κ3) is 4.77. The topological polar surface area (TPSA) is 47.0 Å². The van der Waals surface area contributed by atoms with Gasteiger partial charge in [0.25, 0.3) is 0 Å². The lowest BCUT2D eigenvalue weighted by Crippen LogP contribution is -2.14. The van der Waals surface area contributed by atoms with Crippen molar-refractivity contribution in [3.63, 3.8) is 0 Å². The molecule has 0 radical (unpaired) electrons. The molecule has 1 unspecified atom stereocenters. The standard InChI is InChI=1S/C9H13BrClN3O/c1-15-5-7(11)2-3-13-9-8(10)4-12-6-14-9/h4,6-7H,2-3,5H2,1H3,(H,12,13,14). The summed E-state index contributed by atoms with van der Waals surface area (Å²) >= 11 is 9.33. The average molecular weight is 295 g/mol. The Labute approximate surface area is 103 Å². The normalized spacial score (nSPS) is 12.5. The van der Waals surface area contributed by atoms with Crippen LogP contribution in [0.1, 0.15) is 6.42 Å². The van der Waals surface area contributed by atoms with Crippen LogP contribution in [0, 0.1) is 0 Å². The fourth-order valence-corrected chi connectivity index (χ4v) is 1.65. The van der Waals surface area contributed by atoms with Crippen LogP contribution in [0.5, 0.6) is 0 Å². The van der Waals surface area contributed by atoms with Gasteiger partial charge in [-0.1, -0.05) is 0 Å². The maximum Gasteiger partial charge on any atom is 0.143 e. The Morgan fingerprint density at radius 3 is 3.13 bits per heavy atom. The molecule has 6 heteroatoms. The first-order chi connectivity index (χ1) is 7.24. The summed E-state index contributed by atoms with van der Waals surface area (Å²) < 4.78 is 5.79. The lowest BCUT2D eigenvalue weighted by Gasteiger charge is -2.10. The van der Waals surface area contributed by atoms with E-state index < -0.39 is 0 Å². The van der Waals surface area contributed by atoms with Crippen molar-refractivity contribution >= 4 is 33.3 Å². The Bertz CT molecular complexity index is 300. The summed E-state index contributed by atoms with van der Waals surface area (Å²) in [5.74, 6) is 0.784. The Morgan fingerprint density at radius 2 is 2.47 bits per heavy atom. The van der Waals surface area contributed by atoms with E-state index in [9.17, 15) is 0 Å². The minimum Gasteiger partial charge on any atom is -0.383 e. The van der Waals surface area contributed by atoms with E-state index in [4.69, 9.17) is 16.3 Å². The maximum atomic E-state index is 5.98. The number of anilines is 1. The van der Waals surface area contributed by atoms with Crippen LogP contribution in [0.4, 0.5) is 5.82 Å². The number of nitrogens with zero attached hydrogens (tertiary/aromatic N) is 2. The molecule has 0 spiro atoms. The third-order valence-corrected chi connectivity index (χ3v) is 2.69. The summed E-state index contributed by atoms with van der Waals surface area (Å²) in [5.41, 5.74) is 0. The number of aromatic nitrogens is 2. The summed E-state index contributed by atoms with van der Waals surface area (Å²) in [6, 6.07) is 0. The molecule has 1 aromatic rings. The van der Waals surface area contributed by atoms with Gasteiger partial charge in [0.2, 0.25) is 0 Å². The molecule has 0 aliphatic rings. The molecule has 0 amide bonds. The smallest absolute Gasteiger partial charge is 0.143 e. The Morgan fingerprint density at radius 1 is 1.67 bits per heavy atom. The molecule has 0 aliphatic heterocycles. The zero-order chi connectivity index (χ0) is 11.1. The van der Waals surface area contributed by atoms with Crippen LogP contribution in [0.2, 0.25) is 0 Å². The van der Waals surface area contributed by atoms with E-state index in [1.807, 2.05) is 0 Å². The van der Waals surface area contributed by atoms with Crippen molar-refractivity contribution in [2.75, 3.05) is 25.6 Å². The summed E-state index contributed by atoms with van der Waals surface area (Å²) in [7, 11) is 1.64. The van der Waals surface area contributed by atoms with Crippen molar-refractivity contribution < 1.29 is 4.74 Å². The van der Waals surface area contributed by atoms with Crippen molar-refractivity contribution in [1.82, 2.24) is 9.97 Å². The zero-order valence-corrected chi connectivity index (χ0v) is 10.8. The predicted octanol–water partition coefficient (Wildman–Crippen LogP) is 2.29. The van der Waals surface area contributed by atoms with Crippen LogP contribution in [-0.2, 0) is 4.74 Å². The number of halogens is 2. The molecule has 1 heterocycles. The quantitative estimate of drug-likeness (QED) is 0.818. The number of hydrogen-bond donors (Lipinski definition) is 1. The Balaban J connectivity index is 2.29. The highest BCUT2D eigenvalue weighted by Gasteiger charge is 2.04. The number of rotatable bonds is 6. The molecule has 1 N–H and O–H groups in total. The van der Waals surface area contributed by atoms with Crippen LogP contribution < -0.4 is 5.32 Å². The molecule has 1 aromatic heterocycles. The molecule has 0 fully saturated rings. The van der Waals surface area contributed by atoms with Crippen LogP contribution in [0.3, 0.4) is 0 Å². The number of hydrogen-bond acceptors (Lipinski definition) is 4. The molecule has 15 heavy (non-hydrogen) atoms. The molecule has 1 atom stereocenters. The second-order valence-electron chi connectivity index (χ2n) is 2.99. The molecule has 84 valence electrons. The lowest BCUT2D eigenvalue weighted by molar-refractivity contribution is 0.196. The maximum absolute atomic E-state index is 5.98. The Kier molecular flexibility index (Phi) is 5.90. The van der Waals surface area contributed by atoms with Gasteiger partial charge in [0, 0.05) is 19.9 Å². The largest absolute Gasteiger partial charge is 0.383 e. The molecule has 0 saturated carbocycles. The average Bonchev–Trinajstić information content (AvgIpc) is 2.21. The Hall–Kier alpha value is -0.390. The van der Waals surface area contributed by atoms with E-state index in [1.165, 1.54) is 6.33 Å². The van der Waals surface area contributed by atoms with E-state index in [-0.39, 0.29) is 5.38 Å². The SMILES string of the molecule is COCC(Cl)CCNc1ncncc1Br. The van der Waals surface area contributed by atoms with Gasteiger partial charge in [0.05, 0.1) is 16.5 Å². The van der Waals surface area contributed by atoms with Gasteiger partial charge in [-0.2, -0.15) is 0 Å². The van der Waals surface area contributed by atoms with Crippen molar-refractivity contribution in [3.05, 3.63) is 17.0 Å². The molecular weight excluding hydrogens is 281 g/mol. The predicted molar refractivity (Wildman–Crippen MR) is 64.4 cm³/mol. The fraction of sp³-hybridized carbons (Fsp3) is 0.556. The van der Waals surface area contributed by atoms with Gasteiger partial charge in [0.1, 0.15) is 12.1 Å². The summed E-state index contributed by atoms with van der Waals surface area (Å²) in [6.45, 7) is 1.32. The molecule has 0 bridgehead atoms. The van der Waals surface area contributed by atoms with Gasteiger partial charge >= 0.3 is 0 Å². The van der Waals surface area contributed by atoms with Crippen LogP contribution >= 0.6 is 27.5 Å². The van der Waals surface area contributed by atoms with Crippen molar-refractivity contribution in [2.45, 2.75) is 11.8 Å². The van der Waals surface area contributed by atoms with Gasteiger partial charge in [-0.3, -0.25) is 0 Å². The van der Waals surface area contributed by atoms with Crippen LogP contribution in [0.25, 0.3) is 0 Å². The third-order valence-electron chi connectivity index (χ3n) is 1.77. The van der Waals surface area contributed by atoms with E-state index in [0.29, 0.717) is 6.61 Å². The summed E-state index contributed by atoms with van der Waals surface area (Å²) in [4.78, 5) is 7.95. The summed E-state index contributed by atoms with van der Waals surface area (Å²) in [6.07, 6.45) is 4.02. The highest BCUT2D eigenvalue weighted by atomic mass is 79.9. The van der Waals surface area contributed by atoms with E-state index >= 15 is 0 Å². The van der Waals surface area contributed by atoms with Gasteiger partial charge in [0.15, 0.2) is 0 Å². The van der Waals surface area contributed by atoms with Gasteiger partial charge in [-0.05, 0) is 22.4 Å². The van der Waals surface area contributed by atoms with Gasteiger partial charge < -0.3 is 10.1 Å². The summed E-state index contributed by atoms with van der Waals surface area (Å²) in [5, 5.41) is 3.19. The molecule has 4 nitrogen and oxygen atoms in total. The molecule has 0 aliphatic carbocycles. The van der Waals surface area contributed by atoms with Crippen LogP contribution in [-0.4, -0.2) is 35.6 Å². The second kappa shape index (κ2) is 6.98. The number of methoxy groups -OCH3 is 1. The monoisotopic (exact) mass is 293 g/mol. The minimum atomic E-state index is 0.0307. The molecule has 0 saturated heterocycles. The van der Waals surface area contributed by atoms with Crippen molar-refractivity contribution in [3.8, 4) is 0 Å². The zero-order valence-electron chi connectivity index (χ0n) is 8.41. The highest BCUT2D eigenvalue weighted by Crippen LogP contribution is 2.17. The number of alkyl halides is 1. The highest BCUT2D eigenvalue weighted by molar-refractivity contribution is 9.10. The molecular formula is C9H13BrClN3O. The van der Waals surface area contributed by atoms with Crippen molar-refractivity contribution in [2.24, 2.45) is 0 Å². The van der Waals surface area contributed by atoms with E-state index in [0.717, 1.165) is 23.3 Å². The van der Waals surface area contributed by atoms with Crippen LogP contribution in [0.15, 0.2) is 17.0 Å². The van der Waals surface area contributed by atoms with Crippen molar-refractivity contribution in [1.29, 1.82) is 0 Å². The first kappa shape index (κ1) is 12.7. The minimum absolute atomic E-state index is 0.0307. The van der Waals surface area contributed by atoms with E-state index in [1.54, 1.807) is 13.3 Å². The molecule has 0 aromatic carbocycles.